The third-order valence-electron chi connectivity index (χ3n) is 5.13. The number of fused-ring (bicyclic) bond motifs is 1. The van der Waals surface area contributed by atoms with E-state index in [1.165, 1.54) is 0 Å². The minimum Gasteiger partial charge on any atom is -0.497 e. The Morgan fingerprint density at radius 3 is 2.63 bits per heavy atom. The summed E-state index contributed by atoms with van der Waals surface area (Å²) in [5, 5.41) is 8.61. The summed E-state index contributed by atoms with van der Waals surface area (Å²) < 4.78 is 12.6. The molecule has 0 unspecified atom stereocenters. The van der Waals surface area contributed by atoms with Crippen molar-refractivity contribution in [3.63, 3.8) is 0 Å². The zero-order chi connectivity index (χ0) is 18.8. The van der Waals surface area contributed by atoms with Gasteiger partial charge in [0, 0.05) is 31.3 Å². The predicted molar refractivity (Wildman–Crippen MR) is 100 cm³/mol. The van der Waals surface area contributed by atoms with Gasteiger partial charge in [-0.05, 0) is 37.1 Å². The number of methoxy groups -OCH3 is 2. The van der Waals surface area contributed by atoms with Gasteiger partial charge in [-0.3, -0.25) is 9.20 Å². The number of piperidine rings is 1. The van der Waals surface area contributed by atoms with Gasteiger partial charge in [-0.25, -0.2) is 0 Å². The van der Waals surface area contributed by atoms with E-state index in [9.17, 15) is 4.79 Å². The Hall–Kier alpha value is -3.09. The molecule has 4 rings (SSSR count). The van der Waals surface area contributed by atoms with Gasteiger partial charge in [0.2, 0.25) is 0 Å². The van der Waals surface area contributed by atoms with Crippen LogP contribution < -0.4 is 9.47 Å². The number of amides is 1. The van der Waals surface area contributed by atoms with E-state index in [4.69, 9.17) is 9.47 Å². The van der Waals surface area contributed by atoms with Crippen molar-refractivity contribution in [2.24, 2.45) is 0 Å². The molecule has 3 aromatic rings. The molecule has 0 N–H and O–H groups in total. The lowest BCUT2D eigenvalue weighted by Gasteiger charge is -2.31. The Bertz CT molecular complexity index is 961. The number of rotatable bonds is 4. The zero-order valence-electron chi connectivity index (χ0n) is 15.5. The molecule has 0 saturated carbocycles. The first kappa shape index (κ1) is 17.3. The summed E-state index contributed by atoms with van der Waals surface area (Å²) in [7, 11) is 3.16. The molecule has 27 heavy (non-hydrogen) atoms. The van der Waals surface area contributed by atoms with Crippen LogP contribution in [-0.2, 0) is 0 Å². The molecular weight excluding hydrogens is 344 g/mol. The molecule has 3 heterocycles. The first-order chi connectivity index (χ1) is 13.2. The van der Waals surface area contributed by atoms with Gasteiger partial charge in [-0.2, -0.15) is 0 Å². The lowest BCUT2D eigenvalue weighted by Crippen LogP contribution is -2.38. The van der Waals surface area contributed by atoms with Crippen LogP contribution in [0.3, 0.4) is 0 Å². The lowest BCUT2D eigenvalue weighted by molar-refractivity contribution is 0.0707. The van der Waals surface area contributed by atoms with Gasteiger partial charge >= 0.3 is 0 Å². The minimum absolute atomic E-state index is 0.0148. The maximum atomic E-state index is 13.0. The number of carbonyl (C=O) groups excluding carboxylic acids is 1. The Labute approximate surface area is 157 Å². The largest absolute Gasteiger partial charge is 0.497 e. The first-order valence-electron chi connectivity index (χ1n) is 9.02. The van der Waals surface area contributed by atoms with Crippen molar-refractivity contribution in [2.75, 3.05) is 27.3 Å². The second-order valence-electron chi connectivity index (χ2n) is 6.62. The van der Waals surface area contributed by atoms with Gasteiger partial charge < -0.3 is 14.4 Å². The summed E-state index contributed by atoms with van der Waals surface area (Å²) in [6, 6.07) is 11.2. The molecule has 0 atom stereocenters. The average molecular weight is 366 g/mol. The SMILES string of the molecule is COc1ccc(C(=O)N2CCC(c3nnc4ccccn34)CC2)c(OC)c1. The summed E-state index contributed by atoms with van der Waals surface area (Å²) in [6.07, 6.45) is 3.71. The van der Waals surface area contributed by atoms with Crippen LogP contribution in [0.25, 0.3) is 5.65 Å². The summed E-state index contributed by atoms with van der Waals surface area (Å²) in [4.78, 5) is 14.8. The molecule has 0 aliphatic carbocycles. The highest BCUT2D eigenvalue weighted by Crippen LogP contribution is 2.30. The number of likely N-dealkylation sites (tertiary alicyclic amines) is 1. The zero-order valence-corrected chi connectivity index (χ0v) is 15.5. The smallest absolute Gasteiger partial charge is 0.257 e. The normalized spacial score (nSPS) is 15.1. The van der Waals surface area contributed by atoms with Crippen molar-refractivity contribution in [1.29, 1.82) is 0 Å². The van der Waals surface area contributed by atoms with Crippen LogP contribution >= 0.6 is 0 Å². The number of hydrogen-bond donors (Lipinski definition) is 0. The topological polar surface area (TPSA) is 69.0 Å². The second kappa shape index (κ2) is 7.26. The molecular formula is C20H22N4O3. The van der Waals surface area contributed by atoms with Crippen molar-refractivity contribution < 1.29 is 14.3 Å². The van der Waals surface area contributed by atoms with Crippen LogP contribution in [0.5, 0.6) is 11.5 Å². The van der Waals surface area contributed by atoms with Gasteiger partial charge in [0.05, 0.1) is 19.8 Å². The van der Waals surface area contributed by atoms with E-state index in [-0.39, 0.29) is 5.91 Å². The lowest BCUT2D eigenvalue weighted by atomic mass is 9.95. The van der Waals surface area contributed by atoms with Crippen LogP contribution in [0.15, 0.2) is 42.6 Å². The number of nitrogens with zero attached hydrogens (tertiary/aromatic N) is 4. The van der Waals surface area contributed by atoms with E-state index >= 15 is 0 Å². The quantitative estimate of drug-likeness (QED) is 0.710. The molecule has 140 valence electrons. The molecule has 1 saturated heterocycles. The third-order valence-corrected chi connectivity index (χ3v) is 5.13. The molecule has 0 radical (unpaired) electrons. The van der Waals surface area contributed by atoms with E-state index in [1.807, 2.05) is 33.7 Å². The Balaban J connectivity index is 1.48. The molecule has 2 aromatic heterocycles. The number of hydrogen-bond acceptors (Lipinski definition) is 5. The van der Waals surface area contributed by atoms with E-state index in [0.717, 1.165) is 24.3 Å². The maximum absolute atomic E-state index is 13.0. The van der Waals surface area contributed by atoms with Crippen LogP contribution in [-0.4, -0.2) is 52.7 Å². The molecule has 1 aromatic carbocycles. The van der Waals surface area contributed by atoms with Gasteiger partial charge in [-0.15, -0.1) is 10.2 Å². The van der Waals surface area contributed by atoms with Crippen LogP contribution in [0.2, 0.25) is 0 Å². The van der Waals surface area contributed by atoms with Crippen molar-refractivity contribution in [3.8, 4) is 11.5 Å². The number of ether oxygens (including phenoxy) is 2. The van der Waals surface area contributed by atoms with Crippen LogP contribution in [0.1, 0.15) is 34.9 Å². The Kier molecular flexibility index (Phi) is 4.66. The fourth-order valence-corrected chi connectivity index (χ4v) is 3.62. The fraction of sp³-hybridized carbons (Fsp3) is 0.350. The summed E-state index contributed by atoms with van der Waals surface area (Å²) in [6.45, 7) is 1.36. The van der Waals surface area contributed by atoms with Gasteiger partial charge in [-0.1, -0.05) is 6.07 Å². The van der Waals surface area contributed by atoms with Crippen LogP contribution in [0, 0.1) is 0 Å². The van der Waals surface area contributed by atoms with Crippen molar-refractivity contribution in [3.05, 3.63) is 54.0 Å². The molecule has 1 fully saturated rings. The molecule has 0 spiro atoms. The van der Waals surface area contributed by atoms with E-state index in [1.54, 1.807) is 32.4 Å². The number of benzene rings is 1. The van der Waals surface area contributed by atoms with E-state index < -0.39 is 0 Å². The summed E-state index contributed by atoms with van der Waals surface area (Å²) >= 11 is 0. The number of carbonyl (C=O) groups is 1. The first-order valence-corrected chi connectivity index (χ1v) is 9.02. The molecule has 7 heteroatoms. The second-order valence-corrected chi connectivity index (χ2v) is 6.62. The standard InChI is InChI=1S/C20H22N4O3/c1-26-15-6-7-16(17(13-15)27-2)20(25)23-11-8-14(9-12-23)19-22-21-18-5-3-4-10-24(18)19/h3-7,10,13-14H,8-9,11-12H2,1-2H3. The van der Waals surface area contributed by atoms with Crippen molar-refractivity contribution >= 4 is 11.6 Å². The van der Waals surface area contributed by atoms with E-state index in [2.05, 4.69) is 10.2 Å². The number of pyridine rings is 1. The molecule has 1 aliphatic heterocycles. The average Bonchev–Trinajstić information content (AvgIpc) is 3.17. The van der Waals surface area contributed by atoms with Gasteiger partial charge in [0.1, 0.15) is 17.3 Å². The summed E-state index contributed by atoms with van der Waals surface area (Å²) in [5.74, 6) is 2.45. The monoisotopic (exact) mass is 366 g/mol. The summed E-state index contributed by atoms with van der Waals surface area (Å²) in [5.41, 5.74) is 1.42. The molecule has 1 aliphatic rings. The Morgan fingerprint density at radius 1 is 1.07 bits per heavy atom. The van der Waals surface area contributed by atoms with Gasteiger partial charge in [0.15, 0.2) is 5.65 Å². The predicted octanol–water partition coefficient (Wildman–Crippen LogP) is 2.77. The van der Waals surface area contributed by atoms with Crippen molar-refractivity contribution in [2.45, 2.75) is 18.8 Å². The van der Waals surface area contributed by atoms with Gasteiger partial charge in [0.25, 0.3) is 5.91 Å². The van der Waals surface area contributed by atoms with Crippen LogP contribution in [0.4, 0.5) is 0 Å². The number of aromatic nitrogens is 3. The highest BCUT2D eigenvalue weighted by atomic mass is 16.5. The fourth-order valence-electron chi connectivity index (χ4n) is 3.62. The third kappa shape index (κ3) is 3.20. The van der Waals surface area contributed by atoms with Crippen molar-refractivity contribution in [1.82, 2.24) is 19.5 Å². The maximum Gasteiger partial charge on any atom is 0.257 e. The molecule has 0 bridgehead atoms. The van der Waals surface area contributed by atoms with E-state index in [0.29, 0.717) is 36.1 Å². The Morgan fingerprint density at radius 2 is 1.89 bits per heavy atom. The highest BCUT2D eigenvalue weighted by molar-refractivity contribution is 5.97. The highest BCUT2D eigenvalue weighted by Gasteiger charge is 2.28. The molecule has 1 amide bonds. The minimum atomic E-state index is -0.0148. The molecule has 7 nitrogen and oxygen atoms in total.